The van der Waals surface area contributed by atoms with E-state index in [4.69, 9.17) is 4.74 Å². The summed E-state index contributed by atoms with van der Waals surface area (Å²) in [5, 5.41) is 12.1. The average molecular weight is 343 g/mol. The van der Waals surface area contributed by atoms with Crippen LogP contribution in [0.15, 0.2) is 36.4 Å². The third-order valence-electron chi connectivity index (χ3n) is 3.59. The molecule has 0 heterocycles. The van der Waals surface area contributed by atoms with E-state index in [1.165, 1.54) is 0 Å². The SMILES string of the molecule is CC.CCNC(=O)CCc1cc(C)c(Oc2ccc(O)cc2)c(C)c1. The van der Waals surface area contributed by atoms with Crippen molar-refractivity contribution in [3.63, 3.8) is 0 Å². The van der Waals surface area contributed by atoms with Crippen molar-refractivity contribution in [1.29, 1.82) is 0 Å². The topological polar surface area (TPSA) is 58.6 Å². The number of aromatic hydroxyl groups is 1. The molecule has 1 amide bonds. The fourth-order valence-corrected chi connectivity index (χ4v) is 2.52. The molecule has 25 heavy (non-hydrogen) atoms. The maximum atomic E-state index is 11.6. The predicted octanol–water partition coefficient (Wildman–Crippen LogP) is 4.90. The van der Waals surface area contributed by atoms with Gasteiger partial charge in [0, 0.05) is 13.0 Å². The summed E-state index contributed by atoms with van der Waals surface area (Å²) in [4.78, 5) is 11.6. The molecule has 2 aromatic rings. The zero-order valence-electron chi connectivity index (χ0n) is 15.8. The second-order valence-corrected chi connectivity index (χ2v) is 5.61. The minimum absolute atomic E-state index is 0.0761. The summed E-state index contributed by atoms with van der Waals surface area (Å²) < 4.78 is 5.92. The van der Waals surface area contributed by atoms with Crippen LogP contribution in [-0.4, -0.2) is 17.6 Å². The Balaban J connectivity index is 0.00000151. The van der Waals surface area contributed by atoms with Gasteiger partial charge in [0.25, 0.3) is 0 Å². The predicted molar refractivity (Wildman–Crippen MR) is 102 cm³/mol. The number of amides is 1. The summed E-state index contributed by atoms with van der Waals surface area (Å²) in [5.74, 6) is 1.79. The number of hydrogen-bond donors (Lipinski definition) is 2. The number of carbonyl (C=O) groups excluding carboxylic acids is 1. The van der Waals surface area contributed by atoms with Crippen LogP contribution in [0.25, 0.3) is 0 Å². The molecule has 0 aliphatic carbocycles. The van der Waals surface area contributed by atoms with E-state index >= 15 is 0 Å². The van der Waals surface area contributed by atoms with Crippen molar-refractivity contribution in [2.24, 2.45) is 0 Å². The smallest absolute Gasteiger partial charge is 0.220 e. The highest BCUT2D eigenvalue weighted by atomic mass is 16.5. The first kappa shape index (κ1) is 20.6. The van der Waals surface area contributed by atoms with Crippen molar-refractivity contribution in [3.8, 4) is 17.2 Å². The molecule has 4 heteroatoms. The molecule has 2 N–H and O–H groups in total. The highest BCUT2D eigenvalue weighted by molar-refractivity contribution is 5.76. The molecule has 2 rings (SSSR count). The van der Waals surface area contributed by atoms with Gasteiger partial charge in [-0.1, -0.05) is 26.0 Å². The lowest BCUT2D eigenvalue weighted by molar-refractivity contribution is -0.120. The summed E-state index contributed by atoms with van der Waals surface area (Å²) in [6.45, 7) is 10.6. The molecule has 0 atom stereocenters. The van der Waals surface area contributed by atoms with Crippen molar-refractivity contribution in [2.75, 3.05) is 6.54 Å². The Kier molecular flexibility index (Phi) is 8.54. The number of nitrogens with one attached hydrogen (secondary N) is 1. The molecular weight excluding hydrogens is 314 g/mol. The van der Waals surface area contributed by atoms with Gasteiger partial charge in [0.05, 0.1) is 0 Å². The number of rotatable bonds is 6. The lowest BCUT2D eigenvalue weighted by atomic mass is 10.0. The van der Waals surface area contributed by atoms with Gasteiger partial charge in [-0.3, -0.25) is 4.79 Å². The largest absolute Gasteiger partial charge is 0.508 e. The van der Waals surface area contributed by atoms with E-state index in [0.29, 0.717) is 25.1 Å². The van der Waals surface area contributed by atoms with Crippen LogP contribution in [0.3, 0.4) is 0 Å². The number of benzene rings is 2. The normalized spacial score (nSPS) is 9.80. The summed E-state index contributed by atoms with van der Waals surface area (Å²) in [7, 11) is 0. The monoisotopic (exact) mass is 343 g/mol. The van der Waals surface area contributed by atoms with Gasteiger partial charge in [-0.2, -0.15) is 0 Å². The van der Waals surface area contributed by atoms with Crippen LogP contribution in [0.5, 0.6) is 17.2 Å². The molecular formula is C21H29NO3. The van der Waals surface area contributed by atoms with E-state index in [1.54, 1.807) is 24.3 Å². The number of phenols is 1. The molecule has 0 spiro atoms. The van der Waals surface area contributed by atoms with Crippen LogP contribution in [0.2, 0.25) is 0 Å². The lowest BCUT2D eigenvalue weighted by Gasteiger charge is -2.14. The van der Waals surface area contributed by atoms with Gasteiger partial charge in [-0.05, 0) is 68.1 Å². The fraction of sp³-hybridized carbons (Fsp3) is 0.381. The van der Waals surface area contributed by atoms with Crippen molar-refractivity contribution in [1.82, 2.24) is 5.32 Å². The minimum Gasteiger partial charge on any atom is -0.508 e. The zero-order chi connectivity index (χ0) is 18.8. The van der Waals surface area contributed by atoms with E-state index < -0.39 is 0 Å². The van der Waals surface area contributed by atoms with Crippen LogP contribution in [0, 0.1) is 13.8 Å². The van der Waals surface area contributed by atoms with E-state index in [2.05, 4.69) is 17.4 Å². The Morgan fingerprint density at radius 2 is 1.64 bits per heavy atom. The van der Waals surface area contributed by atoms with E-state index in [9.17, 15) is 9.90 Å². The highest BCUT2D eigenvalue weighted by Crippen LogP contribution is 2.30. The van der Waals surface area contributed by atoms with Crippen molar-refractivity contribution < 1.29 is 14.6 Å². The van der Waals surface area contributed by atoms with Crippen LogP contribution >= 0.6 is 0 Å². The van der Waals surface area contributed by atoms with Crippen molar-refractivity contribution >= 4 is 5.91 Å². The second-order valence-electron chi connectivity index (χ2n) is 5.61. The van der Waals surface area contributed by atoms with Gasteiger partial charge in [0.1, 0.15) is 17.2 Å². The summed E-state index contributed by atoms with van der Waals surface area (Å²) in [6, 6.07) is 10.8. The number of aryl methyl sites for hydroxylation is 3. The van der Waals surface area contributed by atoms with Gasteiger partial charge in [-0.25, -0.2) is 0 Å². The summed E-state index contributed by atoms with van der Waals surface area (Å²) in [6.07, 6.45) is 1.21. The minimum atomic E-state index is 0.0761. The first-order chi connectivity index (χ1) is 12.0. The first-order valence-corrected chi connectivity index (χ1v) is 8.83. The molecule has 0 aliphatic rings. The first-order valence-electron chi connectivity index (χ1n) is 8.83. The van der Waals surface area contributed by atoms with Gasteiger partial charge in [-0.15, -0.1) is 0 Å². The average Bonchev–Trinajstić information content (AvgIpc) is 2.60. The Morgan fingerprint density at radius 3 is 2.16 bits per heavy atom. The quantitative estimate of drug-likeness (QED) is 0.784. The molecule has 0 radical (unpaired) electrons. The molecule has 0 aliphatic heterocycles. The molecule has 0 bridgehead atoms. The summed E-state index contributed by atoms with van der Waals surface area (Å²) in [5.41, 5.74) is 3.19. The Morgan fingerprint density at radius 1 is 1.08 bits per heavy atom. The van der Waals surface area contributed by atoms with Gasteiger partial charge < -0.3 is 15.2 Å². The number of hydrogen-bond acceptors (Lipinski definition) is 3. The molecule has 136 valence electrons. The molecule has 0 aromatic heterocycles. The summed E-state index contributed by atoms with van der Waals surface area (Å²) >= 11 is 0. The third-order valence-corrected chi connectivity index (χ3v) is 3.59. The lowest BCUT2D eigenvalue weighted by Crippen LogP contribution is -2.22. The maximum absolute atomic E-state index is 11.6. The number of carbonyl (C=O) groups is 1. The highest BCUT2D eigenvalue weighted by Gasteiger charge is 2.09. The van der Waals surface area contributed by atoms with Crippen LogP contribution in [0.1, 0.15) is 43.9 Å². The standard InChI is InChI=1S/C19H23NO3.C2H6/c1-4-20-18(22)10-5-15-11-13(2)19(14(3)12-15)23-17-8-6-16(21)7-9-17;1-2/h6-9,11-12,21H,4-5,10H2,1-3H3,(H,20,22);1-2H3. The van der Waals surface area contributed by atoms with Gasteiger partial charge in [0.2, 0.25) is 5.91 Å². The molecule has 4 nitrogen and oxygen atoms in total. The van der Waals surface area contributed by atoms with Crippen LogP contribution in [-0.2, 0) is 11.2 Å². The van der Waals surface area contributed by atoms with Crippen molar-refractivity contribution in [3.05, 3.63) is 53.1 Å². The van der Waals surface area contributed by atoms with E-state index in [0.717, 1.165) is 22.4 Å². The van der Waals surface area contributed by atoms with Gasteiger partial charge >= 0.3 is 0 Å². The van der Waals surface area contributed by atoms with E-state index in [1.807, 2.05) is 34.6 Å². The Labute approximate surface area is 150 Å². The van der Waals surface area contributed by atoms with E-state index in [-0.39, 0.29) is 11.7 Å². The Hall–Kier alpha value is -2.49. The zero-order valence-corrected chi connectivity index (χ0v) is 15.8. The molecule has 0 fully saturated rings. The van der Waals surface area contributed by atoms with Gasteiger partial charge in [0.15, 0.2) is 0 Å². The fourth-order valence-electron chi connectivity index (χ4n) is 2.52. The van der Waals surface area contributed by atoms with Crippen LogP contribution < -0.4 is 10.1 Å². The Bertz CT molecular complexity index is 655. The molecule has 0 unspecified atom stereocenters. The molecule has 0 saturated carbocycles. The maximum Gasteiger partial charge on any atom is 0.220 e. The second kappa shape index (κ2) is 10.4. The van der Waals surface area contributed by atoms with Crippen molar-refractivity contribution in [2.45, 2.75) is 47.5 Å². The number of ether oxygens (including phenoxy) is 1. The molecule has 2 aromatic carbocycles. The molecule has 0 saturated heterocycles. The van der Waals surface area contributed by atoms with Crippen LogP contribution in [0.4, 0.5) is 0 Å². The number of phenolic OH excluding ortho intramolecular Hbond substituents is 1. The third kappa shape index (κ3) is 6.49.